The zero-order valence-electron chi connectivity index (χ0n) is 16.6. The number of nitrogens with one attached hydrogen (secondary N) is 2. The molecule has 2 amide bonds. The summed E-state index contributed by atoms with van der Waals surface area (Å²) in [5.74, 6) is 1.10. The monoisotopic (exact) mass is 373 g/mol. The number of hydrogen-bond acceptors (Lipinski definition) is 3. The second kappa shape index (κ2) is 11.8. The highest BCUT2D eigenvalue weighted by atomic mass is 16.2. The third kappa shape index (κ3) is 7.33. The fourth-order valence-corrected chi connectivity index (χ4v) is 3.75. The van der Waals surface area contributed by atoms with Crippen molar-refractivity contribution in [3.05, 3.63) is 35.4 Å². The van der Waals surface area contributed by atoms with Gasteiger partial charge in [-0.3, -0.25) is 9.59 Å². The van der Waals surface area contributed by atoms with Crippen LogP contribution in [0.4, 0.5) is 0 Å². The number of carbonyl (C=O) groups excluding carboxylic acids is 2. The first-order valence-corrected chi connectivity index (χ1v) is 10.5. The average Bonchev–Trinajstić information content (AvgIpc) is 2.72. The molecule has 5 nitrogen and oxygen atoms in total. The second-order valence-electron chi connectivity index (χ2n) is 7.66. The maximum absolute atomic E-state index is 12.3. The summed E-state index contributed by atoms with van der Waals surface area (Å²) < 4.78 is 0. The first kappa shape index (κ1) is 21.4. The highest BCUT2D eigenvalue weighted by Crippen LogP contribution is 2.31. The van der Waals surface area contributed by atoms with Gasteiger partial charge < -0.3 is 16.4 Å². The predicted molar refractivity (Wildman–Crippen MR) is 109 cm³/mol. The molecule has 0 unspecified atom stereocenters. The quantitative estimate of drug-likeness (QED) is 0.550. The van der Waals surface area contributed by atoms with Crippen molar-refractivity contribution in [2.75, 3.05) is 13.1 Å². The van der Waals surface area contributed by atoms with Gasteiger partial charge in [-0.15, -0.1) is 0 Å². The van der Waals surface area contributed by atoms with Crippen LogP contribution < -0.4 is 16.4 Å². The fraction of sp³-hybridized carbons (Fsp3) is 0.636. The summed E-state index contributed by atoms with van der Waals surface area (Å²) in [4.78, 5) is 24.4. The molecule has 0 spiro atoms. The van der Waals surface area contributed by atoms with Crippen LogP contribution in [0.1, 0.15) is 74.2 Å². The Bertz CT molecular complexity index is 578. The van der Waals surface area contributed by atoms with E-state index in [1.165, 1.54) is 32.1 Å². The zero-order valence-corrected chi connectivity index (χ0v) is 16.6. The third-order valence-electron chi connectivity index (χ3n) is 5.57. The number of carbonyl (C=O) groups is 2. The lowest BCUT2D eigenvalue weighted by atomic mass is 9.79. The Kier molecular flexibility index (Phi) is 9.32. The Morgan fingerprint density at radius 1 is 1.00 bits per heavy atom. The highest BCUT2D eigenvalue weighted by Gasteiger charge is 2.25. The molecule has 0 aliphatic heterocycles. The van der Waals surface area contributed by atoms with Gasteiger partial charge in [0.2, 0.25) is 5.91 Å². The molecule has 2 rings (SSSR count). The van der Waals surface area contributed by atoms with E-state index >= 15 is 0 Å². The largest absolute Gasteiger partial charge is 0.356 e. The van der Waals surface area contributed by atoms with Gasteiger partial charge in [0.05, 0.1) is 0 Å². The van der Waals surface area contributed by atoms with Gasteiger partial charge >= 0.3 is 0 Å². The van der Waals surface area contributed by atoms with Crippen molar-refractivity contribution in [2.45, 2.75) is 64.8 Å². The van der Waals surface area contributed by atoms with E-state index in [0.717, 1.165) is 30.7 Å². The van der Waals surface area contributed by atoms with E-state index < -0.39 is 0 Å². The number of rotatable bonds is 10. The summed E-state index contributed by atoms with van der Waals surface area (Å²) in [6.07, 6.45) is 9.06. The molecule has 1 saturated carbocycles. The minimum absolute atomic E-state index is 0.0877. The second-order valence-corrected chi connectivity index (χ2v) is 7.66. The summed E-state index contributed by atoms with van der Waals surface area (Å²) >= 11 is 0. The molecule has 1 fully saturated rings. The SMILES string of the molecule is CCCCC1CCC(C(=O)NCCCNC(=O)c2ccc(CN)cc2)CC1. The lowest BCUT2D eigenvalue weighted by Crippen LogP contribution is -2.35. The Morgan fingerprint density at radius 2 is 1.67 bits per heavy atom. The molecule has 0 aromatic heterocycles. The first-order chi connectivity index (χ1) is 13.1. The summed E-state index contributed by atoms with van der Waals surface area (Å²) in [5.41, 5.74) is 7.20. The zero-order chi connectivity index (χ0) is 19.5. The van der Waals surface area contributed by atoms with Gasteiger partial charge in [-0.1, -0.05) is 38.3 Å². The summed E-state index contributed by atoms with van der Waals surface area (Å²) in [5, 5.41) is 5.93. The van der Waals surface area contributed by atoms with E-state index in [0.29, 0.717) is 25.2 Å². The van der Waals surface area contributed by atoms with Crippen molar-refractivity contribution in [3.8, 4) is 0 Å². The average molecular weight is 374 g/mol. The molecular weight excluding hydrogens is 338 g/mol. The molecule has 1 aliphatic rings. The first-order valence-electron chi connectivity index (χ1n) is 10.5. The smallest absolute Gasteiger partial charge is 0.251 e. The lowest BCUT2D eigenvalue weighted by molar-refractivity contribution is -0.126. The fourth-order valence-electron chi connectivity index (χ4n) is 3.75. The van der Waals surface area contributed by atoms with Crippen LogP contribution in [0.2, 0.25) is 0 Å². The minimum atomic E-state index is -0.0877. The molecule has 0 heterocycles. The van der Waals surface area contributed by atoms with Crippen LogP contribution in [0.25, 0.3) is 0 Å². The predicted octanol–water partition coefficient (Wildman–Crippen LogP) is 3.38. The molecule has 0 atom stereocenters. The number of hydrogen-bond donors (Lipinski definition) is 3. The Hall–Kier alpha value is -1.88. The topological polar surface area (TPSA) is 84.2 Å². The van der Waals surface area contributed by atoms with Crippen LogP contribution in [0, 0.1) is 11.8 Å². The van der Waals surface area contributed by atoms with Crippen molar-refractivity contribution in [2.24, 2.45) is 17.6 Å². The number of benzene rings is 1. The van der Waals surface area contributed by atoms with Crippen molar-refractivity contribution < 1.29 is 9.59 Å². The third-order valence-corrected chi connectivity index (χ3v) is 5.57. The molecular formula is C22H35N3O2. The van der Waals surface area contributed by atoms with Crippen LogP contribution in [0.15, 0.2) is 24.3 Å². The molecule has 1 aromatic carbocycles. The number of amides is 2. The van der Waals surface area contributed by atoms with Gasteiger partial charge in [-0.25, -0.2) is 0 Å². The Labute approximate surface area is 163 Å². The van der Waals surface area contributed by atoms with Gasteiger partial charge in [0, 0.05) is 31.1 Å². The van der Waals surface area contributed by atoms with Gasteiger partial charge in [0.25, 0.3) is 5.91 Å². The maximum Gasteiger partial charge on any atom is 0.251 e. The Morgan fingerprint density at radius 3 is 2.30 bits per heavy atom. The van der Waals surface area contributed by atoms with Crippen molar-refractivity contribution in [3.63, 3.8) is 0 Å². The molecule has 0 saturated heterocycles. The molecule has 1 aromatic rings. The van der Waals surface area contributed by atoms with E-state index in [4.69, 9.17) is 5.73 Å². The van der Waals surface area contributed by atoms with Crippen LogP contribution >= 0.6 is 0 Å². The van der Waals surface area contributed by atoms with Gasteiger partial charge in [0.15, 0.2) is 0 Å². The van der Waals surface area contributed by atoms with Crippen LogP contribution in [-0.2, 0) is 11.3 Å². The van der Waals surface area contributed by atoms with Crippen LogP contribution in [0.3, 0.4) is 0 Å². The molecule has 1 aliphatic carbocycles. The Balaban J connectivity index is 1.57. The molecule has 150 valence electrons. The standard InChI is InChI=1S/C22H35N3O2/c1-2-3-5-17-6-10-19(11-7-17)21(26)24-14-4-15-25-22(27)20-12-8-18(16-23)9-13-20/h8-9,12-13,17,19H,2-7,10-11,14-16,23H2,1H3,(H,24,26)(H,25,27). The molecule has 4 N–H and O–H groups in total. The summed E-state index contributed by atoms with van der Waals surface area (Å²) in [7, 11) is 0. The van der Waals surface area contributed by atoms with Gasteiger partial charge in [0.1, 0.15) is 0 Å². The van der Waals surface area contributed by atoms with Crippen molar-refractivity contribution in [1.29, 1.82) is 0 Å². The molecule has 5 heteroatoms. The normalized spacial score (nSPS) is 19.5. The van der Waals surface area contributed by atoms with Crippen molar-refractivity contribution in [1.82, 2.24) is 10.6 Å². The lowest BCUT2D eigenvalue weighted by Gasteiger charge is -2.27. The number of nitrogens with two attached hydrogens (primary N) is 1. The van der Waals surface area contributed by atoms with E-state index in [1.807, 2.05) is 12.1 Å². The molecule has 0 radical (unpaired) electrons. The molecule has 27 heavy (non-hydrogen) atoms. The van der Waals surface area contributed by atoms with E-state index in [1.54, 1.807) is 12.1 Å². The van der Waals surface area contributed by atoms with Crippen LogP contribution in [-0.4, -0.2) is 24.9 Å². The van der Waals surface area contributed by atoms with Crippen molar-refractivity contribution >= 4 is 11.8 Å². The van der Waals surface area contributed by atoms with Gasteiger partial charge in [-0.2, -0.15) is 0 Å². The number of unbranched alkanes of at least 4 members (excludes halogenated alkanes) is 1. The van der Waals surface area contributed by atoms with E-state index in [9.17, 15) is 9.59 Å². The van der Waals surface area contributed by atoms with E-state index in [-0.39, 0.29) is 17.7 Å². The van der Waals surface area contributed by atoms with Crippen LogP contribution in [0.5, 0.6) is 0 Å². The summed E-state index contributed by atoms with van der Waals surface area (Å²) in [6, 6.07) is 7.31. The molecule has 0 bridgehead atoms. The summed E-state index contributed by atoms with van der Waals surface area (Å²) in [6.45, 7) is 3.88. The highest BCUT2D eigenvalue weighted by molar-refractivity contribution is 5.94. The minimum Gasteiger partial charge on any atom is -0.356 e. The van der Waals surface area contributed by atoms with E-state index in [2.05, 4.69) is 17.6 Å². The maximum atomic E-state index is 12.3. The van der Waals surface area contributed by atoms with Gasteiger partial charge in [-0.05, 0) is 55.7 Å².